The lowest BCUT2D eigenvalue weighted by Crippen LogP contribution is -2.70. The highest BCUT2D eigenvalue weighted by molar-refractivity contribution is 5.99. The van der Waals surface area contributed by atoms with E-state index in [-0.39, 0.29) is 29.8 Å². The topological polar surface area (TPSA) is 49.4 Å². The largest absolute Gasteiger partial charge is 0.340 e. The summed E-state index contributed by atoms with van der Waals surface area (Å²) in [6, 6.07) is -0.174. The van der Waals surface area contributed by atoms with Crippen LogP contribution in [-0.2, 0) is 9.59 Å². The summed E-state index contributed by atoms with van der Waals surface area (Å²) in [5.41, 5.74) is -0.777. The van der Waals surface area contributed by atoms with Crippen LogP contribution in [-0.4, -0.2) is 34.3 Å². The molecule has 1 aliphatic heterocycles. The lowest BCUT2D eigenvalue weighted by atomic mass is 9.89. The van der Waals surface area contributed by atoms with E-state index in [4.69, 9.17) is 0 Å². The van der Waals surface area contributed by atoms with Crippen LogP contribution in [0.1, 0.15) is 53.9 Å². The molecule has 108 valence electrons. The van der Waals surface area contributed by atoms with Gasteiger partial charge in [0, 0.05) is 6.04 Å². The van der Waals surface area contributed by atoms with Gasteiger partial charge in [-0.05, 0) is 39.0 Å². The number of rotatable bonds is 4. The standard InChI is InChI=1S/C15H26N2O2/c1-9(2)12-13(18)16-15(4,5)14(19)17(12)10(3)8-11-6-7-11/h9-12H,6-8H2,1-5H3,(H,16,18). The monoisotopic (exact) mass is 266 g/mol. The van der Waals surface area contributed by atoms with Gasteiger partial charge < -0.3 is 10.2 Å². The Kier molecular flexibility index (Phi) is 3.63. The predicted octanol–water partition coefficient (Wildman–Crippen LogP) is 1.94. The molecule has 1 saturated heterocycles. The van der Waals surface area contributed by atoms with Gasteiger partial charge in [-0.3, -0.25) is 9.59 Å². The molecule has 1 heterocycles. The van der Waals surface area contributed by atoms with E-state index >= 15 is 0 Å². The molecule has 1 N–H and O–H groups in total. The van der Waals surface area contributed by atoms with Crippen molar-refractivity contribution in [2.45, 2.75) is 71.5 Å². The Hall–Kier alpha value is -1.06. The number of hydrogen-bond donors (Lipinski definition) is 1. The van der Waals surface area contributed by atoms with Crippen LogP contribution in [0.15, 0.2) is 0 Å². The van der Waals surface area contributed by atoms with Crippen LogP contribution >= 0.6 is 0 Å². The van der Waals surface area contributed by atoms with Crippen LogP contribution in [0.4, 0.5) is 0 Å². The number of carbonyl (C=O) groups is 2. The number of hydrogen-bond acceptors (Lipinski definition) is 2. The minimum absolute atomic E-state index is 0.0118. The first-order valence-corrected chi connectivity index (χ1v) is 7.39. The van der Waals surface area contributed by atoms with E-state index in [1.54, 1.807) is 13.8 Å². The average molecular weight is 266 g/mol. The zero-order chi connectivity index (χ0) is 14.4. The van der Waals surface area contributed by atoms with E-state index in [1.165, 1.54) is 12.8 Å². The van der Waals surface area contributed by atoms with Gasteiger partial charge in [0.2, 0.25) is 11.8 Å². The van der Waals surface area contributed by atoms with Crippen LogP contribution in [0.2, 0.25) is 0 Å². The summed E-state index contributed by atoms with van der Waals surface area (Å²) in [5.74, 6) is 0.937. The maximum absolute atomic E-state index is 12.7. The second-order valence-electron chi connectivity index (χ2n) is 7.04. The van der Waals surface area contributed by atoms with Gasteiger partial charge in [-0.25, -0.2) is 0 Å². The smallest absolute Gasteiger partial charge is 0.248 e. The van der Waals surface area contributed by atoms with Crippen LogP contribution in [0, 0.1) is 11.8 Å². The fraction of sp³-hybridized carbons (Fsp3) is 0.867. The molecule has 0 aromatic heterocycles. The van der Waals surface area contributed by atoms with Gasteiger partial charge in [-0.1, -0.05) is 26.7 Å². The Morgan fingerprint density at radius 1 is 1.26 bits per heavy atom. The molecule has 1 aliphatic carbocycles. The molecule has 1 saturated carbocycles. The van der Waals surface area contributed by atoms with Crippen LogP contribution in [0.3, 0.4) is 0 Å². The number of carbonyl (C=O) groups excluding carboxylic acids is 2. The van der Waals surface area contributed by atoms with Crippen molar-refractivity contribution in [1.82, 2.24) is 10.2 Å². The van der Waals surface area contributed by atoms with Crippen molar-refractivity contribution in [3.63, 3.8) is 0 Å². The van der Waals surface area contributed by atoms with Crippen molar-refractivity contribution >= 4 is 11.8 Å². The van der Waals surface area contributed by atoms with Gasteiger partial charge in [0.15, 0.2) is 0 Å². The Labute approximate surface area is 115 Å². The molecular formula is C15H26N2O2. The van der Waals surface area contributed by atoms with E-state index in [0.717, 1.165) is 12.3 Å². The summed E-state index contributed by atoms with van der Waals surface area (Å²) in [6.45, 7) is 9.68. The molecule has 19 heavy (non-hydrogen) atoms. The maximum Gasteiger partial charge on any atom is 0.248 e. The fourth-order valence-corrected chi connectivity index (χ4v) is 3.06. The molecule has 0 radical (unpaired) electrons. The summed E-state index contributed by atoms with van der Waals surface area (Å²) in [5, 5.41) is 2.86. The van der Waals surface area contributed by atoms with E-state index < -0.39 is 5.54 Å². The van der Waals surface area contributed by atoms with Crippen molar-refractivity contribution in [2.75, 3.05) is 0 Å². The molecule has 4 heteroatoms. The zero-order valence-electron chi connectivity index (χ0n) is 12.7. The predicted molar refractivity (Wildman–Crippen MR) is 74.5 cm³/mol. The summed E-state index contributed by atoms with van der Waals surface area (Å²) in [4.78, 5) is 26.8. The number of nitrogens with one attached hydrogen (secondary N) is 1. The van der Waals surface area contributed by atoms with Crippen LogP contribution < -0.4 is 5.32 Å². The number of amides is 2. The third-order valence-electron chi connectivity index (χ3n) is 4.25. The second-order valence-corrected chi connectivity index (χ2v) is 7.04. The zero-order valence-corrected chi connectivity index (χ0v) is 12.7. The first kappa shape index (κ1) is 14.4. The summed E-state index contributed by atoms with van der Waals surface area (Å²) in [6.07, 6.45) is 3.57. The molecule has 2 atom stereocenters. The van der Waals surface area contributed by atoms with Crippen molar-refractivity contribution < 1.29 is 9.59 Å². The maximum atomic E-state index is 12.7. The van der Waals surface area contributed by atoms with Crippen LogP contribution in [0.5, 0.6) is 0 Å². The lowest BCUT2D eigenvalue weighted by molar-refractivity contribution is -0.158. The van der Waals surface area contributed by atoms with Gasteiger partial charge in [0.25, 0.3) is 0 Å². The molecule has 0 aromatic rings. The highest BCUT2D eigenvalue weighted by atomic mass is 16.2. The van der Waals surface area contributed by atoms with Crippen LogP contribution in [0.25, 0.3) is 0 Å². The van der Waals surface area contributed by atoms with Gasteiger partial charge in [-0.15, -0.1) is 0 Å². The van der Waals surface area contributed by atoms with Crippen molar-refractivity contribution in [2.24, 2.45) is 11.8 Å². The van der Waals surface area contributed by atoms with E-state index in [2.05, 4.69) is 12.2 Å². The SMILES string of the molecule is CC(C)C1C(=O)NC(C)(C)C(=O)N1C(C)CC1CC1. The van der Waals surface area contributed by atoms with Gasteiger partial charge in [-0.2, -0.15) is 0 Å². The van der Waals surface area contributed by atoms with Crippen molar-refractivity contribution in [1.29, 1.82) is 0 Å². The molecule has 2 fully saturated rings. The molecule has 2 rings (SSSR count). The minimum Gasteiger partial charge on any atom is -0.340 e. The Balaban J connectivity index is 2.25. The quantitative estimate of drug-likeness (QED) is 0.845. The molecule has 0 bridgehead atoms. The third-order valence-corrected chi connectivity index (χ3v) is 4.25. The van der Waals surface area contributed by atoms with Gasteiger partial charge in [0.1, 0.15) is 11.6 Å². The number of piperazine rings is 1. The number of nitrogens with zero attached hydrogens (tertiary/aromatic N) is 1. The fourth-order valence-electron chi connectivity index (χ4n) is 3.06. The first-order chi connectivity index (χ1) is 8.74. The summed E-state index contributed by atoms with van der Waals surface area (Å²) in [7, 11) is 0. The van der Waals surface area contributed by atoms with Crippen molar-refractivity contribution in [3.8, 4) is 0 Å². The summed E-state index contributed by atoms with van der Waals surface area (Å²) >= 11 is 0. The molecule has 2 aliphatic rings. The highest BCUT2D eigenvalue weighted by Crippen LogP contribution is 2.36. The normalized spacial score (nSPS) is 28.5. The van der Waals surface area contributed by atoms with E-state index in [9.17, 15) is 9.59 Å². The molecule has 2 amide bonds. The molecule has 2 unspecified atom stereocenters. The van der Waals surface area contributed by atoms with E-state index in [0.29, 0.717) is 0 Å². The average Bonchev–Trinajstić information content (AvgIpc) is 3.05. The molecule has 0 spiro atoms. The Bertz CT molecular complexity index is 386. The Morgan fingerprint density at radius 2 is 1.84 bits per heavy atom. The Morgan fingerprint density at radius 3 is 2.32 bits per heavy atom. The molecule has 0 aromatic carbocycles. The molecular weight excluding hydrogens is 240 g/mol. The minimum atomic E-state index is -0.777. The van der Waals surface area contributed by atoms with Gasteiger partial charge >= 0.3 is 0 Å². The lowest BCUT2D eigenvalue weighted by Gasteiger charge is -2.47. The molecule has 4 nitrogen and oxygen atoms in total. The van der Waals surface area contributed by atoms with E-state index in [1.807, 2.05) is 18.7 Å². The first-order valence-electron chi connectivity index (χ1n) is 7.39. The second kappa shape index (κ2) is 4.80. The van der Waals surface area contributed by atoms with Crippen molar-refractivity contribution in [3.05, 3.63) is 0 Å². The summed E-state index contributed by atoms with van der Waals surface area (Å²) < 4.78 is 0. The van der Waals surface area contributed by atoms with Gasteiger partial charge in [0.05, 0.1) is 0 Å². The highest BCUT2D eigenvalue weighted by Gasteiger charge is 2.48. The third kappa shape index (κ3) is 2.77.